The molecule has 190 valence electrons. The molecule has 0 aliphatic heterocycles. The Kier molecular flexibility index (Phi) is 10.9. The van der Waals surface area contributed by atoms with Gasteiger partial charge in [-0.05, 0) is 57.4 Å². The molecular weight excluding hydrogens is 474 g/mol. The van der Waals surface area contributed by atoms with Crippen LogP contribution in [0.5, 0.6) is 5.75 Å². The van der Waals surface area contributed by atoms with Crippen molar-refractivity contribution in [3.63, 3.8) is 0 Å². The van der Waals surface area contributed by atoms with Gasteiger partial charge in [0.1, 0.15) is 22.5 Å². The Morgan fingerprint density at radius 3 is 2.29 bits per heavy atom. The Bertz CT molecular complexity index is 1100. The fourth-order valence-electron chi connectivity index (χ4n) is 3.15. The number of methoxy groups -OCH3 is 1. The minimum absolute atomic E-state index is 0.0420. The molecule has 1 N–H and O–H groups in total. The second-order valence-electron chi connectivity index (χ2n) is 7.98. The van der Waals surface area contributed by atoms with Crippen molar-refractivity contribution in [3.05, 3.63) is 54.6 Å². The standard InChI is InChI=1S/C25H31NO8S/c1-18(27)11-7-8-14-21(33-25(29)19(2)32-3)17-24(28)26-22-15-9-10-16-23(22)35(30,31)34-20-12-5-4-6-13-20/h4-6,9-10,12-13,15-16,19,21H,7-8,11,14,17H2,1-3H3,(H,26,28). The molecule has 0 aromatic heterocycles. The van der Waals surface area contributed by atoms with Crippen LogP contribution >= 0.6 is 0 Å². The topological polar surface area (TPSA) is 125 Å². The highest BCUT2D eigenvalue weighted by Gasteiger charge is 2.25. The highest BCUT2D eigenvalue weighted by molar-refractivity contribution is 7.87. The van der Waals surface area contributed by atoms with Gasteiger partial charge in [-0.2, -0.15) is 8.42 Å². The van der Waals surface area contributed by atoms with E-state index in [1.54, 1.807) is 24.3 Å². The average molecular weight is 506 g/mol. The first-order valence-corrected chi connectivity index (χ1v) is 12.6. The summed E-state index contributed by atoms with van der Waals surface area (Å²) in [5, 5.41) is 2.58. The summed E-state index contributed by atoms with van der Waals surface area (Å²) in [4.78, 5) is 36.0. The predicted molar refractivity (Wildman–Crippen MR) is 129 cm³/mol. The lowest BCUT2D eigenvalue weighted by Crippen LogP contribution is -2.30. The number of amides is 1. The summed E-state index contributed by atoms with van der Waals surface area (Å²) in [6.45, 7) is 3.03. The van der Waals surface area contributed by atoms with Crippen molar-refractivity contribution in [3.8, 4) is 5.75 Å². The number of esters is 1. The summed E-state index contributed by atoms with van der Waals surface area (Å²) in [5.74, 6) is -0.962. The summed E-state index contributed by atoms with van der Waals surface area (Å²) >= 11 is 0. The normalized spacial score (nSPS) is 12.9. The van der Waals surface area contributed by atoms with E-state index in [1.807, 2.05) is 0 Å². The summed E-state index contributed by atoms with van der Waals surface area (Å²) in [7, 11) is -2.86. The number of carbonyl (C=O) groups excluding carboxylic acids is 3. The molecule has 2 atom stereocenters. The van der Waals surface area contributed by atoms with Crippen LogP contribution in [-0.4, -0.2) is 45.4 Å². The van der Waals surface area contributed by atoms with Crippen LogP contribution < -0.4 is 9.50 Å². The zero-order chi connectivity index (χ0) is 25.8. The Hall–Kier alpha value is -3.24. The van der Waals surface area contributed by atoms with E-state index in [-0.39, 0.29) is 28.5 Å². The van der Waals surface area contributed by atoms with E-state index in [1.165, 1.54) is 51.3 Å². The van der Waals surface area contributed by atoms with Crippen molar-refractivity contribution < 1.29 is 36.5 Å². The molecule has 0 saturated carbocycles. The molecule has 0 heterocycles. The third-order valence-electron chi connectivity index (χ3n) is 5.07. The van der Waals surface area contributed by atoms with Crippen LogP contribution in [0.15, 0.2) is 59.5 Å². The van der Waals surface area contributed by atoms with Crippen LogP contribution in [0.2, 0.25) is 0 Å². The van der Waals surface area contributed by atoms with Gasteiger partial charge in [-0.15, -0.1) is 0 Å². The van der Waals surface area contributed by atoms with E-state index in [0.717, 1.165) is 0 Å². The Balaban J connectivity index is 2.12. The van der Waals surface area contributed by atoms with Crippen LogP contribution in [0.3, 0.4) is 0 Å². The smallest absolute Gasteiger partial charge is 0.341 e. The molecule has 0 bridgehead atoms. The minimum Gasteiger partial charge on any atom is -0.460 e. The SMILES string of the molecule is COC(C)C(=O)OC(CCCCC(C)=O)CC(=O)Nc1ccccc1S(=O)(=O)Oc1ccccc1. The molecule has 35 heavy (non-hydrogen) atoms. The van der Waals surface area contributed by atoms with Gasteiger partial charge in [0.05, 0.1) is 12.1 Å². The number of hydrogen-bond acceptors (Lipinski definition) is 8. The van der Waals surface area contributed by atoms with E-state index in [4.69, 9.17) is 13.7 Å². The highest BCUT2D eigenvalue weighted by Crippen LogP contribution is 2.25. The molecule has 2 rings (SSSR count). The molecule has 0 aliphatic rings. The second kappa shape index (κ2) is 13.6. The maximum Gasteiger partial charge on any atom is 0.341 e. The lowest BCUT2D eigenvalue weighted by Gasteiger charge is -2.20. The van der Waals surface area contributed by atoms with Gasteiger partial charge < -0.3 is 23.8 Å². The Morgan fingerprint density at radius 2 is 1.63 bits per heavy atom. The molecule has 0 saturated heterocycles. The van der Waals surface area contributed by atoms with Gasteiger partial charge in [-0.1, -0.05) is 30.3 Å². The van der Waals surface area contributed by atoms with Crippen molar-refractivity contribution in [1.82, 2.24) is 0 Å². The molecular formula is C25H31NO8S. The Morgan fingerprint density at radius 1 is 0.971 bits per heavy atom. The number of rotatable bonds is 14. The third-order valence-corrected chi connectivity index (χ3v) is 6.37. The van der Waals surface area contributed by atoms with Gasteiger partial charge in [0.15, 0.2) is 6.10 Å². The number of ether oxygens (including phenoxy) is 2. The van der Waals surface area contributed by atoms with Crippen molar-refractivity contribution in [2.24, 2.45) is 0 Å². The summed E-state index contributed by atoms with van der Waals surface area (Å²) in [5.41, 5.74) is 0.0420. The van der Waals surface area contributed by atoms with E-state index < -0.39 is 34.2 Å². The lowest BCUT2D eigenvalue weighted by molar-refractivity contribution is -0.161. The number of unbranched alkanes of at least 4 members (excludes halogenated alkanes) is 1. The molecule has 9 nitrogen and oxygen atoms in total. The van der Waals surface area contributed by atoms with Gasteiger partial charge in [0, 0.05) is 13.5 Å². The number of nitrogens with one attached hydrogen (secondary N) is 1. The maximum absolute atomic E-state index is 12.8. The van der Waals surface area contributed by atoms with Crippen molar-refractivity contribution in [2.75, 3.05) is 12.4 Å². The molecule has 2 aromatic carbocycles. The van der Waals surface area contributed by atoms with E-state index >= 15 is 0 Å². The fraction of sp³-hybridized carbons (Fsp3) is 0.400. The number of carbonyl (C=O) groups is 3. The van der Waals surface area contributed by atoms with Crippen molar-refractivity contribution in [2.45, 2.75) is 63.1 Å². The van der Waals surface area contributed by atoms with E-state index in [0.29, 0.717) is 25.7 Å². The number of anilines is 1. The van der Waals surface area contributed by atoms with Gasteiger partial charge in [-0.3, -0.25) is 4.79 Å². The zero-order valence-corrected chi connectivity index (χ0v) is 20.9. The first-order valence-electron chi connectivity index (χ1n) is 11.2. The summed E-state index contributed by atoms with van der Waals surface area (Å²) in [6.07, 6.45) is 0.157. The van der Waals surface area contributed by atoms with Gasteiger partial charge in [0.2, 0.25) is 5.91 Å². The van der Waals surface area contributed by atoms with Gasteiger partial charge in [-0.25, -0.2) is 4.79 Å². The van der Waals surface area contributed by atoms with Crippen LogP contribution in [0, 0.1) is 0 Å². The van der Waals surface area contributed by atoms with Gasteiger partial charge in [0.25, 0.3) is 0 Å². The predicted octanol–water partition coefficient (Wildman–Crippen LogP) is 3.88. The minimum atomic E-state index is -4.23. The van der Waals surface area contributed by atoms with Crippen LogP contribution in [0.25, 0.3) is 0 Å². The Labute approximate surface area is 205 Å². The lowest BCUT2D eigenvalue weighted by atomic mass is 10.1. The van der Waals surface area contributed by atoms with Crippen LogP contribution in [-0.2, 0) is 34.0 Å². The molecule has 1 amide bonds. The summed E-state index contributed by atoms with van der Waals surface area (Å²) < 4.78 is 41.2. The van der Waals surface area contributed by atoms with Crippen LogP contribution in [0.1, 0.15) is 46.0 Å². The number of para-hydroxylation sites is 2. The van der Waals surface area contributed by atoms with Gasteiger partial charge >= 0.3 is 16.1 Å². The number of ketones is 1. The monoisotopic (exact) mass is 505 g/mol. The first-order chi connectivity index (χ1) is 16.6. The van der Waals surface area contributed by atoms with E-state index in [9.17, 15) is 22.8 Å². The van der Waals surface area contributed by atoms with Crippen molar-refractivity contribution >= 4 is 33.5 Å². The molecule has 0 fully saturated rings. The van der Waals surface area contributed by atoms with E-state index in [2.05, 4.69) is 5.32 Å². The molecule has 2 aromatic rings. The maximum atomic E-state index is 12.8. The fourth-order valence-corrected chi connectivity index (χ4v) is 4.24. The largest absolute Gasteiger partial charge is 0.460 e. The van der Waals surface area contributed by atoms with Crippen molar-refractivity contribution in [1.29, 1.82) is 0 Å². The third kappa shape index (κ3) is 9.50. The highest BCUT2D eigenvalue weighted by atomic mass is 32.2. The molecule has 0 radical (unpaired) electrons. The molecule has 0 aliphatic carbocycles. The number of benzene rings is 2. The molecule has 2 unspecified atom stereocenters. The number of Topliss-reactive ketones (excluding diaryl/α,β-unsaturated/α-hetero) is 1. The summed E-state index contributed by atoms with van der Waals surface area (Å²) in [6, 6.07) is 13.9. The number of hydrogen-bond donors (Lipinski definition) is 1. The first kappa shape index (κ1) is 28.0. The van der Waals surface area contributed by atoms with Crippen LogP contribution in [0.4, 0.5) is 5.69 Å². The molecule has 10 heteroatoms. The average Bonchev–Trinajstić information content (AvgIpc) is 2.81. The second-order valence-corrected chi connectivity index (χ2v) is 9.50. The zero-order valence-electron chi connectivity index (χ0n) is 20.1. The molecule has 0 spiro atoms. The quantitative estimate of drug-likeness (QED) is 0.233.